The summed E-state index contributed by atoms with van der Waals surface area (Å²) in [7, 11) is 2.79. The first-order valence-corrected chi connectivity index (χ1v) is 5.92. The fourth-order valence-corrected chi connectivity index (χ4v) is 2.31. The van der Waals surface area contributed by atoms with Gasteiger partial charge in [0.1, 0.15) is 6.33 Å². The minimum Gasteiger partial charge on any atom is -0.279 e. The predicted octanol–water partition coefficient (Wildman–Crippen LogP) is -1.78. The molecular formula is C11H11N5O4. The molecule has 1 saturated heterocycles. The monoisotopic (exact) mass is 277 g/mol. The Labute approximate surface area is 111 Å². The van der Waals surface area contributed by atoms with Gasteiger partial charge in [-0.3, -0.25) is 23.5 Å². The largest absolute Gasteiger partial charge is 0.332 e. The molecule has 2 amide bonds. The number of imide groups is 1. The highest BCUT2D eigenvalue weighted by Gasteiger charge is 2.32. The maximum Gasteiger partial charge on any atom is 0.332 e. The summed E-state index contributed by atoms with van der Waals surface area (Å²) in [6.45, 7) is 0. The smallest absolute Gasteiger partial charge is 0.279 e. The summed E-state index contributed by atoms with van der Waals surface area (Å²) in [5.41, 5.74) is -0.965. The molecule has 0 bridgehead atoms. The molecule has 1 fully saturated rings. The quantitative estimate of drug-likeness (QED) is 0.574. The van der Waals surface area contributed by atoms with Crippen molar-refractivity contribution in [1.82, 2.24) is 18.8 Å². The summed E-state index contributed by atoms with van der Waals surface area (Å²) in [4.78, 5) is 51.3. The van der Waals surface area contributed by atoms with E-state index in [0.717, 1.165) is 14.3 Å². The van der Waals surface area contributed by atoms with Crippen molar-refractivity contribution in [3.8, 4) is 0 Å². The lowest BCUT2D eigenvalue weighted by Crippen LogP contribution is -2.42. The van der Waals surface area contributed by atoms with Crippen molar-refractivity contribution in [2.75, 3.05) is 5.01 Å². The van der Waals surface area contributed by atoms with Crippen molar-refractivity contribution in [3.63, 3.8) is 0 Å². The molecule has 9 heteroatoms. The first-order valence-electron chi connectivity index (χ1n) is 5.92. The van der Waals surface area contributed by atoms with E-state index in [9.17, 15) is 19.2 Å². The van der Waals surface area contributed by atoms with E-state index in [1.54, 1.807) is 0 Å². The van der Waals surface area contributed by atoms with Crippen molar-refractivity contribution < 1.29 is 9.59 Å². The van der Waals surface area contributed by atoms with E-state index in [1.165, 1.54) is 25.0 Å². The number of aromatic nitrogens is 4. The van der Waals surface area contributed by atoms with E-state index in [2.05, 4.69) is 4.98 Å². The molecular weight excluding hydrogens is 266 g/mol. The van der Waals surface area contributed by atoms with Crippen LogP contribution in [0.5, 0.6) is 0 Å². The zero-order chi connectivity index (χ0) is 14.6. The van der Waals surface area contributed by atoms with Gasteiger partial charge in [0.15, 0.2) is 11.2 Å². The molecule has 1 aliphatic rings. The Kier molecular flexibility index (Phi) is 2.40. The molecule has 104 valence electrons. The van der Waals surface area contributed by atoms with Crippen molar-refractivity contribution in [2.24, 2.45) is 14.1 Å². The van der Waals surface area contributed by atoms with Gasteiger partial charge in [0.25, 0.3) is 5.56 Å². The predicted molar refractivity (Wildman–Crippen MR) is 67.7 cm³/mol. The van der Waals surface area contributed by atoms with Crippen molar-refractivity contribution in [3.05, 3.63) is 27.2 Å². The van der Waals surface area contributed by atoms with Gasteiger partial charge in [-0.25, -0.2) is 14.5 Å². The highest BCUT2D eigenvalue weighted by Crippen LogP contribution is 2.14. The molecule has 0 spiro atoms. The fourth-order valence-electron chi connectivity index (χ4n) is 2.31. The molecule has 3 rings (SSSR count). The third kappa shape index (κ3) is 1.40. The van der Waals surface area contributed by atoms with Crippen molar-refractivity contribution >= 4 is 23.0 Å². The number of nitrogens with zero attached hydrogens (tertiary/aromatic N) is 5. The van der Waals surface area contributed by atoms with Crippen LogP contribution in [0.15, 0.2) is 15.9 Å². The van der Waals surface area contributed by atoms with Crippen LogP contribution in [0.4, 0.5) is 0 Å². The third-order valence-corrected chi connectivity index (χ3v) is 3.36. The van der Waals surface area contributed by atoms with Crippen molar-refractivity contribution in [1.29, 1.82) is 0 Å². The van der Waals surface area contributed by atoms with Crippen LogP contribution in [0.3, 0.4) is 0 Å². The molecule has 0 atom stereocenters. The van der Waals surface area contributed by atoms with Crippen LogP contribution in [-0.2, 0) is 23.7 Å². The second-order valence-corrected chi connectivity index (χ2v) is 4.57. The SMILES string of the molecule is Cn1c(=O)c2ncn(N3C(=O)CCC3=O)c2n(C)c1=O. The molecule has 0 radical (unpaired) electrons. The number of carbonyl (C=O) groups excluding carboxylic acids is 2. The Balaban J connectivity index is 2.41. The number of aryl methyl sites for hydroxylation is 1. The van der Waals surface area contributed by atoms with Gasteiger partial charge in [-0.05, 0) is 0 Å². The summed E-state index contributed by atoms with van der Waals surface area (Å²) in [6, 6.07) is 0. The van der Waals surface area contributed by atoms with E-state index in [1.807, 2.05) is 0 Å². The van der Waals surface area contributed by atoms with E-state index < -0.39 is 11.2 Å². The average Bonchev–Trinajstić information content (AvgIpc) is 2.98. The number of hydrogen-bond acceptors (Lipinski definition) is 5. The van der Waals surface area contributed by atoms with E-state index >= 15 is 0 Å². The average molecular weight is 277 g/mol. The zero-order valence-corrected chi connectivity index (χ0v) is 10.9. The van der Waals surface area contributed by atoms with Gasteiger partial charge >= 0.3 is 5.69 Å². The molecule has 3 heterocycles. The van der Waals surface area contributed by atoms with Crippen LogP contribution in [0.25, 0.3) is 11.2 Å². The Morgan fingerprint density at radius 2 is 1.60 bits per heavy atom. The molecule has 2 aromatic heterocycles. The van der Waals surface area contributed by atoms with E-state index in [0.29, 0.717) is 0 Å². The highest BCUT2D eigenvalue weighted by molar-refractivity contribution is 6.14. The van der Waals surface area contributed by atoms with Crippen molar-refractivity contribution in [2.45, 2.75) is 12.8 Å². The van der Waals surface area contributed by atoms with Crippen LogP contribution >= 0.6 is 0 Å². The molecule has 0 aromatic carbocycles. The van der Waals surface area contributed by atoms with Crippen LogP contribution in [0, 0.1) is 0 Å². The van der Waals surface area contributed by atoms with Crippen LogP contribution < -0.4 is 16.3 Å². The normalized spacial score (nSPS) is 15.6. The fraction of sp³-hybridized carbons (Fsp3) is 0.364. The summed E-state index contributed by atoms with van der Waals surface area (Å²) >= 11 is 0. The molecule has 0 saturated carbocycles. The topological polar surface area (TPSA) is 99.2 Å². The Bertz CT molecular complexity index is 855. The zero-order valence-electron chi connectivity index (χ0n) is 10.9. The van der Waals surface area contributed by atoms with E-state index in [-0.39, 0.29) is 35.8 Å². The first kappa shape index (κ1) is 12.3. The molecule has 9 nitrogen and oxygen atoms in total. The van der Waals surface area contributed by atoms with Gasteiger partial charge in [-0.1, -0.05) is 0 Å². The second-order valence-electron chi connectivity index (χ2n) is 4.57. The number of rotatable bonds is 1. The lowest BCUT2D eigenvalue weighted by atomic mass is 10.4. The molecule has 20 heavy (non-hydrogen) atoms. The van der Waals surface area contributed by atoms with Gasteiger partial charge in [0.05, 0.1) is 0 Å². The number of fused-ring (bicyclic) bond motifs is 1. The minimum absolute atomic E-state index is 0.0297. The highest BCUT2D eigenvalue weighted by atomic mass is 16.2. The molecule has 0 unspecified atom stereocenters. The summed E-state index contributed by atoms with van der Waals surface area (Å²) in [5, 5.41) is 0.911. The maximum atomic E-state index is 12.0. The number of carbonyl (C=O) groups is 2. The molecule has 1 aliphatic heterocycles. The van der Waals surface area contributed by atoms with Gasteiger partial charge in [0, 0.05) is 26.9 Å². The molecule has 0 aliphatic carbocycles. The Morgan fingerprint density at radius 1 is 1.00 bits per heavy atom. The van der Waals surface area contributed by atoms with Gasteiger partial charge in [-0.15, -0.1) is 0 Å². The summed E-state index contributed by atoms with van der Waals surface area (Å²) < 4.78 is 3.27. The number of hydrogen-bond donors (Lipinski definition) is 0. The third-order valence-electron chi connectivity index (χ3n) is 3.36. The van der Waals surface area contributed by atoms with Gasteiger partial charge < -0.3 is 0 Å². The van der Waals surface area contributed by atoms with E-state index in [4.69, 9.17) is 0 Å². The standard InChI is InChI=1S/C11H11N5O4/c1-13-9-8(10(19)14(2)11(13)20)12-5-15(9)16-6(17)3-4-7(16)18/h5H,3-4H2,1-2H3. The maximum absolute atomic E-state index is 12.0. The lowest BCUT2D eigenvalue weighted by Gasteiger charge is -2.16. The van der Waals surface area contributed by atoms with Gasteiger partial charge in [0.2, 0.25) is 11.8 Å². The second kappa shape index (κ2) is 3.89. The number of imidazole rings is 1. The lowest BCUT2D eigenvalue weighted by molar-refractivity contribution is -0.123. The van der Waals surface area contributed by atoms with Crippen LogP contribution in [-0.4, -0.2) is 30.6 Å². The molecule has 2 aromatic rings. The van der Waals surface area contributed by atoms with Crippen LogP contribution in [0.2, 0.25) is 0 Å². The summed E-state index contributed by atoms with van der Waals surface area (Å²) in [5.74, 6) is -0.773. The summed E-state index contributed by atoms with van der Waals surface area (Å²) in [6.07, 6.45) is 1.42. The first-order chi connectivity index (χ1) is 9.43. The number of amides is 2. The van der Waals surface area contributed by atoms with Crippen LogP contribution in [0.1, 0.15) is 12.8 Å². The van der Waals surface area contributed by atoms with Gasteiger partial charge in [-0.2, -0.15) is 5.01 Å². The Hall–Kier alpha value is -2.71. The molecule has 0 N–H and O–H groups in total. The minimum atomic E-state index is -0.569. The Morgan fingerprint density at radius 3 is 2.20 bits per heavy atom.